The zero-order chi connectivity index (χ0) is 14.8. The average molecular weight is 290 g/mol. The highest BCUT2D eigenvalue weighted by atomic mass is 32.2. The van der Waals surface area contributed by atoms with E-state index in [4.69, 9.17) is 5.11 Å². The summed E-state index contributed by atoms with van der Waals surface area (Å²) in [5, 5.41) is 13.4. The van der Waals surface area contributed by atoms with Crippen molar-refractivity contribution >= 4 is 29.7 Å². The SMILES string of the molecule is CCSCC(C)NC(=O)NC(=O)CC(C)CC(=O)O. The Morgan fingerprint density at radius 2 is 1.84 bits per heavy atom. The van der Waals surface area contributed by atoms with Crippen molar-refractivity contribution in [1.29, 1.82) is 0 Å². The minimum Gasteiger partial charge on any atom is -0.481 e. The molecule has 0 heterocycles. The van der Waals surface area contributed by atoms with Crippen molar-refractivity contribution in [2.45, 2.75) is 39.7 Å². The fraction of sp³-hybridized carbons (Fsp3) is 0.750. The predicted molar refractivity (Wildman–Crippen MR) is 75.2 cm³/mol. The van der Waals surface area contributed by atoms with Gasteiger partial charge in [0.1, 0.15) is 0 Å². The van der Waals surface area contributed by atoms with Gasteiger partial charge in [-0.2, -0.15) is 11.8 Å². The number of aliphatic carboxylic acids is 1. The maximum Gasteiger partial charge on any atom is 0.321 e. The average Bonchev–Trinajstić information content (AvgIpc) is 2.24. The fourth-order valence-corrected chi connectivity index (χ4v) is 2.13. The van der Waals surface area contributed by atoms with Gasteiger partial charge in [-0.3, -0.25) is 14.9 Å². The lowest BCUT2D eigenvalue weighted by atomic mass is 10.0. The topological polar surface area (TPSA) is 95.5 Å². The molecule has 0 aliphatic heterocycles. The molecule has 0 fully saturated rings. The number of urea groups is 1. The van der Waals surface area contributed by atoms with Gasteiger partial charge in [-0.15, -0.1) is 0 Å². The van der Waals surface area contributed by atoms with E-state index in [1.807, 2.05) is 13.8 Å². The number of hydrogen-bond acceptors (Lipinski definition) is 4. The van der Waals surface area contributed by atoms with Gasteiger partial charge in [0.05, 0.1) is 0 Å². The molecule has 0 saturated carbocycles. The molecule has 0 aliphatic rings. The molecule has 3 N–H and O–H groups in total. The predicted octanol–water partition coefficient (Wildman–Crippen LogP) is 1.45. The molecule has 2 atom stereocenters. The summed E-state index contributed by atoms with van der Waals surface area (Å²) < 4.78 is 0. The quantitative estimate of drug-likeness (QED) is 0.629. The molecule has 0 bridgehead atoms. The molecule has 3 amide bonds. The van der Waals surface area contributed by atoms with E-state index in [0.717, 1.165) is 11.5 Å². The Balaban J connectivity index is 3.92. The fourth-order valence-electron chi connectivity index (χ4n) is 1.46. The van der Waals surface area contributed by atoms with Gasteiger partial charge < -0.3 is 10.4 Å². The van der Waals surface area contributed by atoms with Crippen LogP contribution in [0.5, 0.6) is 0 Å². The summed E-state index contributed by atoms with van der Waals surface area (Å²) in [6.45, 7) is 5.55. The van der Waals surface area contributed by atoms with Crippen LogP contribution in [-0.4, -0.2) is 40.6 Å². The maximum absolute atomic E-state index is 11.5. The molecule has 0 spiro atoms. The van der Waals surface area contributed by atoms with Crippen LogP contribution >= 0.6 is 11.8 Å². The minimum absolute atomic E-state index is 0.0193. The molecular weight excluding hydrogens is 268 g/mol. The monoisotopic (exact) mass is 290 g/mol. The van der Waals surface area contributed by atoms with E-state index in [-0.39, 0.29) is 24.8 Å². The molecular formula is C12H22N2O4S. The van der Waals surface area contributed by atoms with E-state index in [1.165, 1.54) is 0 Å². The first kappa shape index (κ1) is 17.8. The zero-order valence-corrected chi connectivity index (χ0v) is 12.4. The Morgan fingerprint density at radius 3 is 2.37 bits per heavy atom. The highest BCUT2D eigenvalue weighted by molar-refractivity contribution is 7.99. The van der Waals surface area contributed by atoms with Gasteiger partial charge in [-0.05, 0) is 18.6 Å². The number of rotatable bonds is 8. The van der Waals surface area contributed by atoms with Gasteiger partial charge in [0.2, 0.25) is 5.91 Å². The second-order valence-corrected chi connectivity index (χ2v) is 5.81. The second kappa shape index (κ2) is 9.66. The van der Waals surface area contributed by atoms with Crippen LogP contribution in [0, 0.1) is 5.92 Å². The summed E-state index contributed by atoms with van der Waals surface area (Å²) in [5.74, 6) is 0.0576. The molecule has 0 aromatic rings. The Kier molecular flexibility index (Phi) is 9.03. The van der Waals surface area contributed by atoms with Crippen LogP contribution in [0.4, 0.5) is 4.79 Å². The highest BCUT2D eigenvalue weighted by Crippen LogP contribution is 2.06. The summed E-state index contributed by atoms with van der Waals surface area (Å²) in [7, 11) is 0. The molecule has 0 saturated heterocycles. The van der Waals surface area contributed by atoms with Gasteiger partial charge in [0, 0.05) is 24.6 Å². The molecule has 110 valence electrons. The van der Waals surface area contributed by atoms with E-state index < -0.39 is 17.9 Å². The van der Waals surface area contributed by atoms with Crippen LogP contribution in [0.2, 0.25) is 0 Å². The third kappa shape index (κ3) is 10.4. The number of amides is 3. The highest BCUT2D eigenvalue weighted by Gasteiger charge is 2.15. The standard InChI is InChI=1S/C12H22N2O4S/c1-4-19-7-9(3)13-12(18)14-10(15)5-8(2)6-11(16)17/h8-9H,4-7H2,1-3H3,(H,16,17)(H2,13,14,15,18). The lowest BCUT2D eigenvalue weighted by Gasteiger charge is -2.14. The van der Waals surface area contributed by atoms with Crippen LogP contribution in [0.1, 0.15) is 33.6 Å². The van der Waals surface area contributed by atoms with Gasteiger partial charge in [-0.1, -0.05) is 13.8 Å². The number of carbonyl (C=O) groups is 3. The Bertz CT molecular complexity index is 323. The van der Waals surface area contributed by atoms with Crippen molar-refractivity contribution in [2.75, 3.05) is 11.5 Å². The molecule has 0 aromatic carbocycles. The molecule has 0 aromatic heterocycles. The van der Waals surface area contributed by atoms with Crippen molar-refractivity contribution < 1.29 is 19.5 Å². The maximum atomic E-state index is 11.5. The summed E-state index contributed by atoms with van der Waals surface area (Å²) in [5.41, 5.74) is 0. The van der Waals surface area contributed by atoms with Crippen molar-refractivity contribution in [3.63, 3.8) is 0 Å². The first-order valence-electron chi connectivity index (χ1n) is 6.25. The number of imide groups is 1. The van der Waals surface area contributed by atoms with Gasteiger partial charge in [-0.25, -0.2) is 4.79 Å². The van der Waals surface area contributed by atoms with Crippen molar-refractivity contribution in [3.05, 3.63) is 0 Å². The summed E-state index contributed by atoms with van der Waals surface area (Å²) in [6, 6.07) is -0.550. The lowest BCUT2D eigenvalue weighted by Crippen LogP contribution is -2.44. The molecule has 0 rings (SSSR count). The Hall–Kier alpha value is -1.24. The first-order valence-corrected chi connectivity index (χ1v) is 7.40. The molecule has 7 heteroatoms. The van der Waals surface area contributed by atoms with Gasteiger partial charge in [0.15, 0.2) is 0 Å². The summed E-state index contributed by atoms with van der Waals surface area (Å²) >= 11 is 1.70. The van der Waals surface area contributed by atoms with Crippen molar-refractivity contribution in [2.24, 2.45) is 5.92 Å². The zero-order valence-electron chi connectivity index (χ0n) is 11.6. The third-order valence-corrected chi connectivity index (χ3v) is 3.40. The number of thioether (sulfide) groups is 1. The molecule has 2 unspecified atom stereocenters. The Labute approximate surface area is 117 Å². The van der Waals surface area contributed by atoms with Crippen LogP contribution < -0.4 is 10.6 Å². The molecule has 6 nitrogen and oxygen atoms in total. The van der Waals surface area contributed by atoms with Crippen molar-refractivity contribution in [1.82, 2.24) is 10.6 Å². The van der Waals surface area contributed by atoms with Crippen LogP contribution in [0.3, 0.4) is 0 Å². The summed E-state index contributed by atoms with van der Waals surface area (Å²) in [4.78, 5) is 33.4. The van der Waals surface area contributed by atoms with Crippen LogP contribution in [0.15, 0.2) is 0 Å². The third-order valence-electron chi connectivity index (χ3n) is 2.26. The minimum atomic E-state index is -0.949. The van der Waals surface area contributed by atoms with Gasteiger partial charge >= 0.3 is 12.0 Å². The number of carboxylic acids is 1. The van der Waals surface area contributed by atoms with E-state index in [1.54, 1.807) is 18.7 Å². The van der Waals surface area contributed by atoms with E-state index >= 15 is 0 Å². The van der Waals surface area contributed by atoms with Gasteiger partial charge in [0.25, 0.3) is 0 Å². The van der Waals surface area contributed by atoms with Crippen LogP contribution in [0.25, 0.3) is 0 Å². The normalized spacial score (nSPS) is 13.4. The first-order chi connectivity index (χ1) is 8.85. The largest absolute Gasteiger partial charge is 0.481 e. The van der Waals surface area contributed by atoms with Crippen molar-refractivity contribution in [3.8, 4) is 0 Å². The number of hydrogen-bond donors (Lipinski definition) is 3. The Morgan fingerprint density at radius 1 is 1.21 bits per heavy atom. The smallest absolute Gasteiger partial charge is 0.321 e. The number of carbonyl (C=O) groups excluding carboxylic acids is 2. The molecule has 0 radical (unpaired) electrons. The van der Waals surface area contributed by atoms with Crippen LogP contribution in [-0.2, 0) is 9.59 Å². The number of nitrogens with one attached hydrogen (secondary N) is 2. The van der Waals surface area contributed by atoms with E-state index in [2.05, 4.69) is 10.6 Å². The molecule has 19 heavy (non-hydrogen) atoms. The van der Waals surface area contributed by atoms with E-state index in [0.29, 0.717) is 0 Å². The number of carboxylic acid groups (broad SMARTS) is 1. The lowest BCUT2D eigenvalue weighted by molar-refractivity contribution is -0.138. The van der Waals surface area contributed by atoms with E-state index in [9.17, 15) is 14.4 Å². The molecule has 0 aliphatic carbocycles. The summed E-state index contributed by atoms with van der Waals surface area (Å²) in [6.07, 6.45) is -0.0591. The second-order valence-electron chi connectivity index (χ2n) is 4.49.